The van der Waals surface area contributed by atoms with Crippen LogP contribution in [0.1, 0.15) is 43.0 Å². The van der Waals surface area contributed by atoms with E-state index in [1.165, 1.54) is 7.11 Å². The maximum absolute atomic E-state index is 13.0. The van der Waals surface area contributed by atoms with E-state index in [0.717, 1.165) is 11.1 Å². The Morgan fingerprint density at radius 3 is 2.69 bits per heavy atom. The van der Waals surface area contributed by atoms with Gasteiger partial charge in [0.15, 0.2) is 12.6 Å². The van der Waals surface area contributed by atoms with Gasteiger partial charge >= 0.3 is 5.97 Å². The number of fused-ring (bicyclic) bond motifs is 2. The second-order valence-corrected chi connectivity index (χ2v) is 8.51. The average molecular weight is 493 g/mol. The van der Waals surface area contributed by atoms with Gasteiger partial charge in [0, 0.05) is 21.7 Å². The largest absolute Gasteiger partial charge is 0.488 e. The number of ketones is 1. The monoisotopic (exact) mass is 492 g/mol. The number of rotatable bonds is 5. The molecular formula is C27H21ClO7. The van der Waals surface area contributed by atoms with Crippen molar-refractivity contribution in [2.75, 3.05) is 13.9 Å². The first-order chi connectivity index (χ1) is 16.9. The molecule has 0 bridgehead atoms. The number of hydrogen-bond donors (Lipinski definition) is 0. The molecule has 7 nitrogen and oxygen atoms in total. The van der Waals surface area contributed by atoms with E-state index in [4.69, 9.17) is 35.3 Å². The van der Waals surface area contributed by atoms with Crippen molar-refractivity contribution in [2.24, 2.45) is 0 Å². The summed E-state index contributed by atoms with van der Waals surface area (Å²) in [6.07, 6.45) is 1.64. The van der Waals surface area contributed by atoms with Crippen molar-refractivity contribution in [3.63, 3.8) is 0 Å². The van der Waals surface area contributed by atoms with Crippen molar-refractivity contribution in [3.8, 4) is 17.2 Å². The van der Waals surface area contributed by atoms with E-state index in [-0.39, 0.29) is 24.9 Å². The Hall–Kier alpha value is -3.81. The summed E-state index contributed by atoms with van der Waals surface area (Å²) in [4.78, 5) is 24.6. The number of ether oxygens (including phenoxy) is 5. The van der Waals surface area contributed by atoms with Gasteiger partial charge in [0.25, 0.3) is 0 Å². The Morgan fingerprint density at radius 2 is 1.91 bits per heavy atom. The summed E-state index contributed by atoms with van der Waals surface area (Å²) in [6, 6.07) is 13.9. The Balaban J connectivity index is 1.36. The number of hydrogen-bond acceptors (Lipinski definition) is 7. The lowest BCUT2D eigenvalue weighted by molar-refractivity contribution is -0.0165. The molecule has 0 saturated heterocycles. The molecule has 35 heavy (non-hydrogen) atoms. The summed E-state index contributed by atoms with van der Waals surface area (Å²) in [7, 11) is 1.34. The molecule has 0 fully saturated rings. The molecule has 5 rings (SSSR count). The molecule has 0 aromatic heterocycles. The smallest absolute Gasteiger partial charge is 0.337 e. The first-order valence-corrected chi connectivity index (χ1v) is 11.2. The summed E-state index contributed by atoms with van der Waals surface area (Å²) >= 11 is 6.25. The van der Waals surface area contributed by atoms with Crippen LogP contribution in [-0.4, -0.2) is 25.7 Å². The highest BCUT2D eigenvalue weighted by Gasteiger charge is 2.31. The quantitative estimate of drug-likeness (QED) is 0.344. The molecule has 2 aliphatic heterocycles. The van der Waals surface area contributed by atoms with Crippen LogP contribution in [0.5, 0.6) is 17.2 Å². The number of carbonyl (C=O) groups excluding carboxylic acids is 2. The topological polar surface area (TPSA) is 80.3 Å². The minimum Gasteiger partial charge on any atom is -0.488 e. The summed E-state index contributed by atoms with van der Waals surface area (Å²) in [5.74, 6) is 1.23. The maximum atomic E-state index is 13.0. The molecule has 0 amide bonds. The first-order valence-electron chi connectivity index (χ1n) is 10.9. The van der Waals surface area contributed by atoms with Crippen LogP contribution in [0.3, 0.4) is 0 Å². The fourth-order valence-corrected chi connectivity index (χ4v) is 4.25. The molecule has 0 atom stereocenters. The van der Waals surface area contributed by atoms with Crippen molar-refractivity contribution in [3.05, 3.63) is 92.7 Å². The van der Waals surface area contributed by atoms with E-state index in [0.29, 0.717) is 51.1 Å². The summed E-state index contributed by atoms with van der Waals surface area (Å²) in [5.41, 5.74) is 3.98. The predicted octanol–water partition coefficient (Wildman–Crippen LogP) is 5.50. The van der Waals surface area contributed by atoms with Gasteiger partial charge in [-0.1, -0.05) is 23.7 Å². The molecule has 178 valence electrons. The number of Topliss-reactive ketones (excluding diaryl/α,β-unsaturated/α-hetero) is 1. The number of carbonyl (C=O) groups is 2. The Labute approximate surface area is 206 Å². The normalized spacial score (nSPS) is 15.2. The van der Waals surface area contributed by atoms with E-state index >= 15 is 0 Å². The molecule has 3 aromatic carbocycles. The van der Waals surface area contributed by atoms with Crippen LogP contribution < -0.4 is 14.2 Å². The first kappa shape index (κ1) is 23.0. The second kappa shape index (κ2) is 9.44. The molecule has 2 heterocycles. The van der Waals surface area contributed by atoms with Crippen molar-refractivity contribution in [2.45, 2.75) is 20.1 Å². The molecule has 0 N–H and O–H groups in total. The third kappa shape index (κ3) is 4.48. The minimum absolute atomic E-state index is 0.130. The van der Waals surface area contributed by atoms with Gasteiger partial charge in [-0.05, 0) is 55.0 Å². The fraction of sp³-hybridized carbons (Fsp3) is 0.185. The number of allylic oxidation sites excluding steroid dienone is 1. The van der Waals surface area contributed by atoms with Crippen LogP contribution in [0.25, 0.3) is 6.08 Å². The Bertz CT molecular complexity index is 1360. The zero-order valence-electron chi connectivity index (χ0n) is 19.1. The molecule has 0 unspecified atom stereocenters. The summed E-state index contributed by atoms with van der Waals surface area (Å²) in [6.45, 7) is 2.63. The van der Waals surface area contributed by atoms with Crippen LogP contribution in [0.15, 0.2) is 54.3 Å². The molecular weight excluding hydrogens is 472 g/mol. The van der Waals surface area contributed by atoms with Gasteiger partial charge in [-0.3, -0.25) is 4.79 Å². The Morgan fingerprint density at radius 1 is 1.11 bits per heavy atom. The lowest BCUT2D eigenvalue weighted by Gasteiger charge is -2.20. The number of methoxy groups -OCH3 is 1. The second-order valence-electron chi connectivity index (χ2n) is 8.08. The highest BCUT2D eigenvalue weighted by Crippen LogP contribution is 2.41. The van der Waals surface area contributed by atoms with Gasteiger partial charge in [0.2, 0.25) is 5.78 Å². The number of esters is 1. The van der Waals surface area contributed by atoms with Crippen LogP contribution in [-0.2, 0) is 22.7 Å². The third-order valence-corrected chi connectivity index (χ3v) is 6.01. The zero-order valence-corrected chi connectivity index (χ0v) is 19.8. The van der Waals surface area contributed by atoms with Crippen molar-refractivity contribution in [1.29, 1.82) is 0 Å². The van der Waals surface area contributed by atoms with Gasteiger partial charge in [-0.2, -0.15) is 0 Å². The standard InChI is InChI=1S/C27H21ClO7/c1-15-22(33-12-16-3-5-17(6-4-16)27(30)31-2)8-7-21-24(29)23(35-25(15)21)11-18-9-20(28)10-19-13-32-14-34-26(18)19/h3-11H,12-14H2,1-2H3/b23-11-. The van der Waals surface area contributed by atoms with E-state index in [2.05, 4.69) is 0 Å². The van der Waals surface area contributed by atoms with Crippen LogP contribution in [0, 0.1) is 6.92 Å². The highest BCUT2D eigenvalue weighted by atomic mass is 35.5. The lowest BCUT2D eigenvalue weighted by Crippen LogP contribution is -2.12. The molecule has 0 saturated carbocycles. The fourth-order valence-electron chi connectivity index (χ4n) is 4.00. The molecule has 0 spiro atoms. The van der Waals surface area contributed by atoms with Crippen molar-refractivity contribution < 1.29 is 33.3 Å². The molecule has 0 aliphatic carbocycles. The molecule has 3 aromatic rings. The van der Waals surface area contributed by atoms with Crippen molar-refractivity contribution in [1.82, 2.24) is 0 Å². The molecule has 2 aliphatic rings. The van der Waals surface area contributed by atoms with Gasteiger partial charge in [-0.25, -0.2) is 4.79 Å². The van der Waals surface area contributed by atoms with Crippen LogP contribution >= 0.6 is 11.6 Å². The highest BCUT2D eigenvalue weighted by molar-refractivity contribution is 6.31. The van der Waals surface area contributed by atoms with Crippen molar-refractivity contribution >= 4 is 29.4 Å². The Kier molecular flexibility index (Phi) is 6.19. The van der Waals surface area contributed by atoms with Gasteiger partial charge in [0.1, 0.15) is 23.9 Å². The number of benzene rings is 3. The van der Waals surface area contributed by atoms with Gasteiger partial charge < -0.3 is 23.7 Å². The van der Waals surface area contributed by atoms with E-state index in [1.54, 1.807) is 54.6 Å². The van der Waals surface area contributed by atoms with Gasteiger partial charge in [0.05, 0.1) is 24.8 Å². The van der Waals surface area contributed by atoms with E-state index in [1.807, 2.05) is 6.92 Å². The summed E-state index contributed by atoms with van der Waals surface area (Å²) in [5, 5.41) is 0.513. The van der Waals surface area contributed by atoms with Crippen LogP contribution in [0.2, 0.25) is 5.02 Å². The van der Waals surface area contributed by atoms with E-state index in [9.17, 15) is 9.59 Å². The molecule has 0 radical (unpaired) electrons. The average Bonchev–Trinajstić information content (AvgIpc) is 3.19. The SMILES string of the molecule is COC(=O)c1ccc(COc2ccc3c(c2C)O/C(=C\c2cc(Cl)cc4c2OCOC4)C3=O)cc1. The van der Waals surface area contributed by atoms with E-state index < -0.39 is 5.97 Å². The summed E-state index contributed by atoms with van der Waals surface area (Å²) < 4.78 is 27.6. The number of halogens is 1. The molecule has 8 heteroatoms. The maximum Gasteiger partial charge on any atom is 0.337 e. The predicted molar refractivity (Wildman–Crippen MR) is 128 cm³/mol. The minimum atomic E-state index is -0.393. The third-order valence-electron chi connectivity index (χ3n) is 5.80. The van der Waals surface area contributed by atoms with Gasteiger partial charge in [-0.15, -0.1) is 0 Å². The zero-order chi connectivity index (χ0) is 24.5. The van der Waals surface area contributed by atoms with Crippen LogP contribution in [0.4, 0.5) is 0 Å². The lowest BCUT2D eigenvalue weighted by atomic mass is 10.0.